The highest BCUT2D eigenvalue weighted by Crippen LogP contribution is 2.25. The van der Waals surface area contributed by atoms with Crippen molar-refractivity contribution < 1.29 is 9.59 Å². The molecule has 2 heterocycles. The lowest BCUT2D eigenvalue weighted by atomic mass is 10.2. The molecule has 2 aliphatic heterocycles. The van der Waals surface area contributed by atoms with Gasteiger partial charge in [0, 0.05) is 12.4 Å². The number of carbonyl (C=O) groups is 2. The molecule has 2 unspecified atom stereocenters. The third-order valence-electron chi connectivity index (χ3n) is 3.40. The van der Waals surface area contributed by atoms with E-state index in [0.29, 0.717) is 0 Å². The van der Waals surface area contributed by atoms with Gasteiger partial charge in [0.2, 0.25) is 11.8 Å². The fourth-order valence-corrected chi connectivity index (χ4v) is 2.10. The normalized spacial score (nSPS) is 23.7. The molecule has 4 heteroatoms. The highest BCUT2D eigenvalue weighted by molar-refractivity contribution is 5.98. The molecule has 0 aromatic carbocycles. The molecule has 0 radical (unpaired) electrons. The van der Waals surface area contributed by atoms with Gasteiger partial charge in [-0.1, -0.05) is 46.3 Å². The van der Waals surface area contributed by atoms with Crippen LogP contribution in [0.2, 0.25) is 0 Å². The van der Waals surface area contributed by atoms with Crippen LogP contribution in [0.15, 0.2) is 25.6 Å². The third-order valence-corrected chi connectivity index (χ3v) is 3.40. The number of nitrogens with zero attached hydrogens (tertiary/aromatic N) is 2. The van der Waals surface area contributed by atoms with Crippen molar-refractivity contribution in [1.29, 1.82) is 0 Å². The smallest absolute Gasteiger partial charge is 0.250 e. The summed E-state index contributed by atoms with van der Waals surface area (Å²) < 4.78 is 0. The predicted octanol–water partition coefficient (Wildman–Crippen LogP) is 2.67. The molecule has 2 amide bonds. The molecule has 0 aliphatic carbocycles. The van der Waals surface area contributed by atoms with Gasteiger partial charge in [-0.2, -0.15) is 0 Å². The highest BCUT2D eigenvalue weighted by Gasteiger charge is 2.43. The Kier molecular flexibility index (Phi) is 5.80. The van der Waals surface area contributed by atoms with Gasteiger partial charge in [-0.25, -0.2) is 0 Å². The Morgan fingerprint density at radius 1 is 0.947 bits per heavy atom. The highest BCUT2D eigenvalue weighted by atomic mass is 16.2. The Morgan fingerprint density at radius 2 is 1.42 bits per heavy atom. The number of hydrogen-bond acceptors (Lipinski definition) is 2. The summed E-state index contributed by atoms with van der Waals surface area (Å²) in [6.07, 6.45) is 8.56. The fourth-order valence-electron chi connectivity index (χ4n) is 2.10. The molecule has 2 saturated heterocycles. The van der Waals surface area contributed by atoms with Crippen molar-refractivity contribution in [2.75, 3.05) is 0 Å². The van der Waals surface area contributed by atoms with Crippen molar-refractivity contribution in [3.63, 3.8) is 0 Å². The maximum atomic E-state index is 10.8. The van der Waals surface area contributed by atoms with E-state index in [2.05, 4.69) is 27.0 Å². The van der Waals surface area contributed by atoms with E-state index in [1.54, 1.807) is 22.2 Å². The van der Waals surface area contributed by atoms with Gasteiger partial charge in [-0.3, -0.25) is 9.59 Å². The zero-order valence-corrected chi connectivity index (χ0v) is 12.0. The first-order valence-corrected chi connectivity index (χ1v) is 7.01. The minimum Gasteiger partial charge on any atom is -0.305 e. The largest absolute Gasteiger partial charge is 0.305 e. The molecule has 2 fully saturated rings. The van der Waals surface area contributed by atoms with Gasteiger partial charge in [-0.15, -0.1) is 0 Å². The quantitative estimate of drug-likeness (QED) is 0.663. The summed E-state index contributed by atoms with van der Waals surface area (Å²) in [6, 6.07) is 0.352. The molecule has 106 valence electrons. The average Bonchev–Trinajstić information content (AvgIpc) is 3.25. The number of rotatable bonds is 7. The summed E-state index contributed by atoms with van der Waals surface area (Å²) in [5, 5.41) is 0. The lowest BCUT2D eigenvalue weighted by molar-refractivity contribution is -0.114. The molecule has 0 N–H and O–H groups in total. The van der Waals surface area contributed by atoms with Crippen LogP contribution in [0.1, 0.15) is 46.0 Å². The topological polar surface area (TPSA) is 40.2 Å². The van der Waals surface area contributed by atoms with Crippen LogP contribution < -0.4 is 0 Å². The van der Waals surface area contributed by atoms with Crippen LogP contribution in [0.5, 0.6) is 0 Å². The van der Waals surface area contributed by atoms with Crippen molar-refractivity contribution in [2.24, 2.45) is 0 Å². The monoisotopic (exact) mass is 264 g/mol. The van der Waals surface area contributed by atoms with Gasteiger partial charge in [0.05, 0.1) is 0 Å². The first kappa shape index (κ1) is 15.5. The van der Waals surface area contributed by atoms with E-state index in [1.165, 1.54) is 0 Å². The second-order valence-electron chi connectivity index (χ2n) is 4.82. The Hall–Kier alpha value is -1.58. The van der Waals surface area contributed by atoms with E-state index in [-0.39, 0.29) is 23.9 Å². The first-order valence-electron chi connectivity index (χ1n) is 7.01. The van der Waals surface area contributed by atoms with E-state index < -0.39 is 0 Å². The zero-order chi connectivity index (χ0) is 14.4. The van der Waals surface area contributed by atoms with Crippen molar-refractivity contribution in [1.82, 2.24) is 9.80 Å². The standard InChI is InChI=1S/C8H13NO.C7H11NO/c1-3-5-6-7-8(10)9(7)4-2;1-3-5-6-7(9)8(6)4-2/h4,7H,2-3,5-6H2,1H3;4,6H,2-3,5H2,1H3. The van der Waals surface area contributed by atoms with E-state index >= 15 is 0 Å². The van der Waals surface area contributed by atoms with E-state index in [1.807, 2.05) is 0 Å². The number of carbonyl (C=O) groups excluding carboxylic acids is 2. The second-order valence-corrected chi connectivity index (χ2v) is 4.82. The summed E-state index contributed by atoms with van der Waals surface area (Å²) in [5.74, 6) is 0.468. The molecule has 2 aliphatic rings. The molecule has 0 aromatic heterocycles. The van der Waals surface area contributed by atoms with Gasteiger partial charge < -0.3 is 9.80 Å². The molecule has 2 atom stereocenters. The first-order chi connectivity index (χ1) is 9.12. The Bertz CT molecular complexity index is 365. The van der Waals surface area contributed by atoms with Crippen LogP contribution in [0.4, 0.5) is 0 Å². The van der Waals surface area contributed by atoms with E-state index in [0.717, 1.165) is 32.1 Å². The molecular weight excluding hydrogens is 240 g/mol. The molecule has 0 spiro atoms. The number of amides is 2. The van der Waals surface area contributed by atoms with E-state index in [9.17, 15) is 9.59 Å². The van der Waals surface area contributed by atoms with Crippen LogP contribution in [-0.4, -0.2) is 33.7 Å². The van der Waals surface area contributed by atoms with Crippen LogP contribution in [-0.2, 0) is 9.59 Å². The second kappa shape index (κ2) is 7.12. The van der Waals surface area contributed by atoms with Crippen molar-refractivity contribution in [2.45, 2.75) is 58.0 Å². The molecular formula is C15H24N2O2. The lowest BCUT2D eigenvalue weighted by Gasteiger charge is -1.91. The maximum Gasteiger partial charge on any atom is 0.250 e. The van der Waals surface area contributed by atoms with Crippen molar-refractivity contribution >= 4 is 11.8 Å². The Labute approximate surface area is 115 Å². The number of hydrogen-bond donors (Lipinski definition) is 0. The van der Waals surface area contributed by atoms with Gasteiger partial charge in [0.15, 0.2) is 0 Å². The van der Waals surface area contributed by atoms with Crippen LogP contribution in [0.3, 0.4) is 0 Å². The molecule has 4 nitrogen and oxygen atoms in total. The summed E-state index contributed by atoms with van der Waals surface area (Å²) in [5.41, 5.74) is 0. The van der Waals surface area contributed by atoms with Crippen molar-refractivity contribution in [3.8, 4) is 0 Å². The van der Waals surface area contributed by atoms with Gasteiger partial charge in [0.25, 0.3) is 0 Å². The SMILES string of the molecule is C=CN1C(=O)C1CCC.C=CN1C(=O)C1CCCC. The van der Waals surface area contributed by atoms with Gasteiger partial charge >= 0.3 is 0 Å². The molecule has 2 rings (SSSR count). The zero-order valence-electron chi connectivity index (χ0n) is 12.0. The van der Waals surface area contributed by atoms with Crippen LogP contribution in [0.25, 0.3) is 0 Å². The Morgan fingerprint density at radius 3 is 1.74 bits per heavy atom. The van der Waals surface area contributed by atoms with Crippen LogP contribution in [0, 0.1) is 0 Å². The van der Waals surface area contributed by atoms with Crippen LogP contribution >= 0.6 is 0 Å². The van der Waals surface area contributed by atoms with Gasteiger partial charge in [-0.05, 0) is 12.8 Å². The maximum absolute atomic E-state index is 10.8. The van der Waals surface area contributed by atoms with Gasteiger partial charge in [0.1, 0.15) is 12.1 Å². The molecule has 19 heavy (non-hydrogen) atoms. The number of unbranched alkanes of at least 4 members (excludes halogenated alkanes) is 1. The predicted molar refractivity (Wildman–Crippen MR) is 76.1 cm³/mol. The minimum atomic E-state index is 0.174. The molecule has 0 bridgehead atoms. The third kappa shape index (κ3) is 3.94. The summed E-state index contributed by atoms with van der Waals surface area (Å²) in [7, 11) is 0. The lowest BCUT2D eigenvalue weighted by Crippen LogP contribution is -1.91. The molecule has 0 saturated carbocycles. The summed E-state index contributed by atoms with van der Waals surface area (Å²) >= 11 is 0. The molecule has 0 aromatic rings. The minimum absolute atomic E-state index is 0.174. The average molecular weight is 264 g/mol. The van der Waals surface area contributed by atoms with E-state index in [4.69, 9.17) is 0 Å². The summed E-state index contributed by atoms with van der Waals surface area (Å²) in [6.45, 7) is 11.3. The summed E-state index contributed by atoms with van der Waals surface area (Å²) in [4.78, 5) is 24.9. The van der Waals surface area contributed by atoms with Crippen molar-refractivity contribution in [3.05, 3.63) is 25.6 Å². The Balaban J connectivity index is 0.000000191. The fraction of sp³-hybridized carbons (Fsp3) is 0.600.